The molecular formula is C35H43N2O4+. The van der Waals surface area contributed by atoms with Crippen LogP contribution in [0.15, 0.2) is 96.8 Å². The lowest BCUT2D eigenvalue weighted by molar-refractivity contribution is -0.441. The van der Waals surface area contributed by atoms with Crippen LogP contribution in [-0.2, 0) is 18.9 Å². The first-order chi connectivity index (χ1) is 20.1. The van der Waals surface area contributed by atoms with Crippen LogP contribution in [0.1, 0.15) is 49.7 Å². The molecule has 1 fully saturated rings. The maximum Gasteiger partial charge on any atom is 0.209 e. The molecule has 0 N–H and O–H groups in total. The third-order valence-corrected chi connectivity index (χ3v) is 8.21. The van der Waals surface area contributed by atoms with Crippen molar-refractivity contribution in [1.29, 1.82) is 0 Å². The van der Waals surface area contributed by atoms with E-state index in [0.717, 1.165) is 25.9 Å². The van der Waals surface area contributed by atoms with Gasteiger partial charge in [-0.05, 0) is 37.1 Å². The van der Waals surface area contributed by atoms with Crippen LogP contribution >= 0.6 is 0 Å². The quantitative estimate of drug-likeness (QED) is 0.124. The largest absolute Gasteiger partial charge is 0.352 e. The molecule has 0 bridgehead atoms. The van der Waals surface area contributed by atoms with Crippen molar-refractivity contribution in [2.45, 2.75) is 51.1 Å². The molecule has 0 unspecified atom stereocenters. The molecule has 0 saturated carbocycles. The van der Waals surface area contributed by atoms with Gasteiger partial charge in [0.15, 0.2) is 24.8 Å². The van der Waals surface area contributed by atoms with E-state index >= 15 is 0 Å². The Kier molecular flexibility index (Phi) is 10.0. The molecule has 3 aliphatic heterocycles. The van der Waals surface area contributed by atoms with E-state index in [1.165, 1.54) is 33.9 Å². The van der Waals surface area contributed by atoms with E-state index in [2.05, 4.69) is 108 Å². The van der Waals surface area contributed by atoms with Crippen LogP contribution in [0, 0.1) is 0 Å². The number of anilines is 1. The highest BCUT2D eigenvalue weighted by Crippen LogP contribution is 2.43. The minimum absolute atomic E-state index is 0.104. The second-order valence-corrected chi connectivity index (χ2v) is 10.6. The fourth-order valence-electron chi connectivity index (χ4n) is 6.08. The maximum absolute atomic E-state index is 5.70. The van der Waals surface area contributed by atoms with Gasteiger partial charge in [-0.15, -0.1) is 0 Å². The topological polar surface area (TPSA) is 43.2 Å². The summed E-state index contributed by atoms with van der Waals surface area (Å²) in [5.41, 5.74) is 7.94. The molecule has 0 aromatic heterocycles. The van der Waals surface area contributed by atoms with Gasteiger partial charge in [0.25, 0.3) is 0 Å². The minimum atomic E-state index is -0.307. The van der Waals surface area contributed by atoms with Crippen molar-refractivity contribution in [3.63, 3.8) is 0 Å². The molecule has 41 heavy (non-hydrogen) atoms. The fourth-order valence-corrected chi connectivity index (χ4v) is 6.08. The van der Waals surface area contributed by atoms with Crippen molar-refractivity contribution < 1.29 is 23.5 Å². The van der Waals surface area contributed by atoms with Crippen LogP contribution in [0.5, 0.6) is 0 Å². The van der Waals surface area contributed by atoms with Crippen LogP contribution < -0.4 is 4.90 Å². The van der Waals surface area contributed by atoms with Gasteiger partial charge in [-0.2, -0.15) is 4.58 Å². The lowest BCUT2D eigenvalue weighted by Crippen LogP contribution is -2.20. The summed E-state index contributed by atoms with van der Waals surface area (Å²) in [4.78, 5) is 2.44. The van der Waals surface area contributed by atoms with Crippen LogP contribution in [0.2, 0.25) is 0 Å². The summed E-state index contributed by atoms with van der Waals surface area (Å²) in [5.74, 6) is 0.673. The third kappa shape index (κ3) is 6.62. The Morgan fingerprint density at radius 1 is 0.927 bits per heavy atom. The van der Waals surface area contributed by atoms with Gasteiger partial charge < -0.3 is 23.8 Å². The van der Waals surface area contributed by atoms with Crippen molar-refractivity contribution in [3.05, 3.63) is 108 Å². The smallest absolute Gasteiger partial charge is 0.209 e. The van der Waals surface area contributed by atoms with E-state index in [0.29, 0.717) is 25.0 Å². The standard InChI is InChI=1S/C35H43N2O4/c1-26-28-14-8-10-18-32(28)36(22-13-12-20-34(38-3)39-4)30(26)16-6-5-7-17-31-27(2)29-15-9-11-19-33(29)37(31)23-21-35-40-24-25-41-35/h5-12,14-20,26-27,34-35H,13,21-25H2,1-4H3/q+1/b20-12+/t26-,27+/m1/s1. The Labute approximate surface area is 244 Å². The average Bonchev–Trinajstić information content (AvgIpc) is 3.69. The van der Waals surface area contributed by atoms with Gasteiger partial charge in [-0.1, -0.05) is 67.6 Å². The molecule has 6 nitrogen and oxygen atoms in total. The van der Waals surface area contributed by atoms with Crippen molar-refractivity contribution >= 4 is 17.1 Å². The summed E-state index contributed by atoms with van der Waals surface area (Å²) in [6.07, 6.45) is 16.4. The van der Waals surface area contributed by atoms with Crippen LogP contribution in [0.4, 0.5) is 11.4 Å². The minimum Gasteiger partial charge on any atom is -0.352 e. The van der Waals surface area contributed by atoms with Crippen molar-refractivity contribution in [3.8, 4) is 0 Å². The number of allylic oxidation sites excluding steroid dienone is 6. The second-order valence-electron chi connectivity index (χ2n) is 10.6. The molecule has 0 spiro atoms. The van der Waals surface area contributed by atoms with E-state index in [4.69, 9.17) is 18.9 Å². The maximum atomic E-state index is 5.70. The van der Waals surface area contributed by atoms with E-state index in [1.807, 2.05) is 6.08 Å². The van der Waals surface area contributed by atoms with Gasteiger partial charge >= 0.3 is 0 Å². The van der Waals surface area contributed by atoms with Gasteiger partial charge in [0.2, 0.25) is 5.69 Å². The number of hydrogen-bond donors (Lipinski definition) is 0. The zero-order valence-electron chi connectivity index (χ0n) is 24.7. The number of para-hydroxylation sites is 2. The molecule has 2 aromatic carbocycles. The van der Waals surface area contributed by atoms with Gasteiger partial charge in [0.1, 0.15) is 0 Å². The highest BCUT2D eigenvalue weighted by molar-refractivity contribution is 6.00. The van der Waals surface area contributed by atoms with Crippen molar-refractivity contribution in [2.75, 3.05) is 45.4 Å². The number of methoxy groups -OCH3 is 2. The van der Waals surface area contributed by atoms with Gasteiger partial charge in [-0.25, -0.2) is 0 Å². The number of nitrogens with zero attached hydrogens (tertiary/aromatic N) is 2. The van der Waals surface area contributed by atoms with E-state index in [-0.39, 0.29) is 12.6 Å². The van der Waals surface area contributed by atoms with Gasteiger partial charge in [0, 0.05) is 55.8 Å². The molecule has 0 radical (unpaired) electrons. The first kappa shape index (κ1) is 29.2. The van der Waals surface area contributed by atoms with Crippen LogP contribution in [0.3, 0.4) is 0 Å². The highest BCUT2D eigenvalue weighted by Gasteiger charge is 2.35. The first-order valence-corrected chi connectivity index (χ1v) is 14.7. The monoisotopic (exact) mass is 555 g/mol. The Balaban J connectivity index is 1.31. The molecule has 6 heteroatoms. The van der Waals surface area contributed by atoms with Crippen LogP contribution in [0.25, 0.3) is 0 Å². The normalized spacial score (nSPS) is 22.1. The number of hydrogen-bond acceptors (Lipinski definition) is 5. The van der Waals surface area contributed by atoms with Gasteiger partial charge in [-0.3, -0.25) is 0 Å². The summed E-state index contributed by atoms with van der Waals surface area (Å²) in [6, 6.07) is 17.4. The molecule has 1 saturated heterocycles. The third-order valence-electron chi connectivity index (χ3n) is 8.21. The van der Waals surface area contributed by atoms with E-state index in [1.54, 1.807) is 14.2 Å². The van der Waals surface area contributed by atoms with Crippen molar-refractivity contribution in [1.82, 2.24) is 0 Å². The zero-order valence-corrected chi connectivity index (χ0v) is 24.7. The molecule has 2 aromatic rings. The summed E-state index contributed by atoms with van der Waals surface area (Å²) in [6.45, 7) is 7.72. The fraction of sp³-hybridized carbons (Fsp3) is 0.400. The number of rotatable bonds is 12. The Morgan fingerprint density at radius 3 is 2.44 bits per heavy atom. The number of ether oxygens (including phenoxy) is 4. The van der Waals surface area contributed by atoms with E-state index < -0.39 is 0 Å². The van der Waals surface area contributed by atoms with E-state index in [9.17, 15) is 0 Å². The zero-order chi connectivity index (χ0) is 28.6. The summed E-state index contributed by atoms with van der Waals surface area (Å²) in [5, 5.41) is 0. The first-order valence-electron chi connectivity index (χ1n) is 14.7. The summed E-state index contributed by atoms with van der Waals surface area (Å²) >= 11 is 0. The predicted molar refractivity (Wildman–Crippen MR) is 165 cm³/mol. The Morgan fingerprint density at radius 2 is 1.66 bits per heavy atom. The number of benzene rings is 2. The Hall–Kier alpha value is -3.29. The van der Waals surface area contributed by atoms with Gasteiger partial charge in [0.05, 0.1) is 25.6 Å². The SMILES string of the molecule is COC(/C=C/CCN1/C(=C/C=C/C=C/C2=[N+](CCC3OCCO3)c3ccccc3[C@@H]2C)[C@H](C)c2ccccc21)OC. The number of fused-ring (bicyclic) bond motifs is 2. The second kappa shape index (κ2) is 14.1. The molecule has 3 aliphatic rings. The molecular weight excluding hydrogens is 512 g/mol. The lowest BCUT2D eigenvalue weighted by Gasteiger charge is -2.22. The van der Waals surface area contributed by atoms with Crippen molar-refractivity contribution in [2.24, 2.45) is 0 Å². The summed E-state index contributed by atoms with van der Waals surface area (Å²) in [7, 11) is 3.31. The molecule has 0 amide bonds. The summed E-state index contributed by atoms with van der Waals surface area (Å²) < 4.78 is 24.4. The average molecular weight is 556 g/mol. The molecule has 3 heterocycles. The predicted octanol–water partition coefficient (Wildman–Crippen LogP) is 6.84. The molecule has 216 valence electrons. The van der Waals surface area contributed by atoms with Crippen LogP contribution in [-0.4, -0.2) is 63.4 Å². The lowest BCUT2D eigenvalue weighted by atomic mass is 9.98. The molecule has 0 aliphatic carbocycles. The molecule has 2 atom stereocenters. The molecule has 5 rings (SSSR count). The Bertz CT molecular complexity index is 1330. The highest BCUT2D eigenvalue weighted by atomic mass is 16.7.